The van der Waals surface area contributed by atoms with Crippen LogP contribution in [-0.2, 0) is 13.0 Å². The molecular weight excluding hydrogens is 449 g/mol. The highest BCUT2D eigenvalue weighted by atomic mass is 127. The number of halogens is 1. The third-order valence-electron chi connectivity index (χ3n) is 4.22. The molecule has 5 nitrogen and oxygen atoms in total. The number of aliphatic imine (C=N–C) groups is 1. The lowest BCUT2D eigenvalue weighted by molar-refractivity contribution is 0.794. The molecule has 27 heavy (non-hydrogen) atoms. The Morgan fingerprint density at radius 1 is 1.00 bits per heavy atom. The van der Waals surface area contributed by atoms with E-state index in [0.717, 1.165) is 31.2 Å². The molecular formula is C21H26IN5. The second kappa shape index (κ2) is 10.7. The quantitative estimate of drug-likeness (QED) is 0.325. The number of hydrogen-bond donors (Lipinski definition) is 2. The van der Waals surface area contributed by atoms with Crippen LogP contribution in [0.15, 0.2) is 72.0 Å². The molecule has 0 bridgehead atoms. The van der Waals surface area contributed by atoms with E-state index in [1.165, 1.54) is 16.7 Å². The van der Waals surface area contributed by atoms with Gasteiger partial charge in [-0.15, -0.1) is 24.0 Å². The maximum atomic E-state index is 4.28. The van der Waals surface area contributed by atoms with E-state index in [2.05, 4.69) is 76.2 Å². The summed E-state index contributed by atoms with van der Waals surface area (Å²) < 4.78 is 1.86. The minimum absolute atomic E-state index is 0. The van der Waals surface area contributed by atoms with Gasteiger partial charge in [0.1, 0.15) is 0 Å². The van der Waals surface area contributed by atoms with E-state index in [-0.39, 0.29) is 24.0 Å². The summed E-state index contributed by atoms with van der Waals surface area (Å²) in [7, 11) is 1.79. The first-order chi connectivity index (χ1) is 12.7. The van der Waals surface area contributed by atoms with Gasteiger partial charge >= 0.3 is 0 Å². The van der Waals surface area contributed by atoms with Crippen molar-refractivity contribution in [3.63, 3.8) is 0 Å². The molecule has 2 N–H and O–H groups in total. The first-order valence-electron chi connectivity index (χ1n) is 8.83. The minimum atomic E-state index is 0. The van der Waals surface area contributed by atoms with Crippen LogP contribution >= 0.6 is 24.0 Å². The zero-order valence-corrected chi connectivity index (χ0v) is 18.1. The highest BCUT2D eigenvalue weighted by molar-refractivity contribution is 14.0. The first kappa shape index (κ1) is 21.0. The Balaban J connectivity index is 0.00000261. The van der Waals surface area contributed by atoms with Crippen LogP contribution in [0.3, 0.4) is 0 Å². The number of rotatable bonds is 6. The van der Waals surface area contributed by atoms with Gasteiger partial charge in [0.25, 0.3) is 0 Å². The van der Waals surface area contributed by atoms with Crippen LogP contribution in [-0.4, -0.2) is 29.3 Å². The summed E-state index contributed by atoms with van der Waals surface area (Å²) in [5.74, 6) is 0.818. The Bertz CT molecular complexity index is 824. The molecule has 3 rings (SSSR count). The van der Waals surface area contributed by atoms with Crippen molar-refractivity contribution in [2.45, 2.75) is 19.9 Å². The van der Waals surface area contributed by atoms with E-state index in [0.29, 0.717) is 0 Å². The Morgan fingerprint density at radius 2 is 1.70 bits per heavy atom. The number of nitrogens with zero attached hydrogens (tertiary/aromatic N) is 3. The van der Waals surface area contributed by atoms with E-state index in [4.69, 9.17) is 0 Å². The normalized spacial score (nSPS) is 11.0. The zero-order valence-electron chi connectivity index (χ0n) is 15.7. The lowest BCUT2D eigenvalue weighted by Crippen LogP contribution is -2.37. The van der Waals surface area contributed by atoms with Gasteiger partial charge in [-0.2, -0.15) is 5.10 Å². The molecule has 0 fully saturated rings. The summed E-state index contributed by atoms with van der Waals surface area (Å²) in [6.45, 7) is 3.69. The fourth-order valence-corrected chi connectivity index (χ4v) is 2.67. The summed E-state index contributed by atoms with van der Waals surface area (Å²) in [5, 5.41) is 11.0. The van der Waals surface area contributed by atoms with Crippen LogP contribution in [0.1, 0.15) is 16.7 Å². The maximum absolute atomic E-state index is 4.28. The van der Waals surface area contributed by atoms with E-state index in [1.807, 2.05) is 16.9 Å². The second-order valence-electron chi connectivity index (χ2n) is 6.21. The number of nitrogens with one attached hydrogen (secondary N) is 2. The highest BCUT2D eigenvalue weighted by Gasteiger charge is 2.00. The molecule has 1 heterocycles. The van der Waals surface area contributed by atoms with Crippen LogP contribution in [0.5, 0.6) is 0 Å². The van der Waals surface area contributed by atoms with Crippen molar-refractivity contribution >= 4 is 29.9 Å². The molecule has 0 unspecified atom stereocenters. The van der Waals surface area contributed by atoms with Crippen LogP contribution in [0.2, 0.25) is 0 Å². The Kier molecular flexibility index (Phi) is 8.32. The number of aryl methyl sites for hydroxylation is 1. The Labute approximate surface area is 177 Å². The van der Waals surface area contributed by atoms with Gasteiger partial charge in [-0.1, -0.05) is 42.0 Å². The molecule has 0 atom stereocenters. The molecule has 6 heteroatoms. The van der Waals surface area contributed by atoms with Crippen molar-refractivity contribution in [1.29, 1.82) is 0 Å². The highest BCUT2D eigenvalue weighted by Crippen LogP contribution is 2.08. The topological polar surface area (TPSA) is 54.2 Å². The second-order valence-corrected chi connectivity index (χ2v) is 6.21. The summed E-state index contributed by atoms with van der Waals surface area (Å²) >= 11 is 0. The molecule has 0 amide bonds. The monoisotopic (exact) mass is 475 g/mol. The van der Waals surface area contributed by atoms with Gasteiger partial charge in [-0.25, -0.2) is 4.68 Å². The van der Waals surface area contributed by atoms with Crippen molar-refractivity contribution in [3.05, 3.63) is 83.7 Å². The van der Waals surface area contributed by atoms with Gasteiger partial charge in [-0.05, 0) is 42.7 Å². The van der Waals surface area contributed by atoms with Gasteiger partial charge in [0.2, 0.25) is 0 Å². The fraction of sp³-hybridized carbons (Fsp3) is 0.238. The smallest absolute Gasteiger partial charge is 0.191 e. The van der Waals surface area contributed by atoms with Gasteiger partial charge in [0.15, 0.2) is 5.96 Å². The lowest BCUT2D eigenvalue weighted by atomic mass is 10.1. The molecule has 2 aromatic carbocycles. The minimum Gasteiger partial charge on any atom is -0.356 e. The summed E-state index contributed by atoms with van der Waals surface area (Å²) in [5.41, 5.74) is 4.87. The Hall–Kier alpha value is -2.35. The summed E-state index contributed by atoms with van der Waals surface area (Å²) in [6.07, 6.45) is 4.66. The largest absolute Gasteiger partial charge is 0.356 e. The third kappa shape index (κ3) is 6.39. The van der Waals surface area contributed by atoms with E-state index in [9.17, 15) is 0 Å². The number of benzene rings is 2. The average Bonchev–Trinajstić information content (AvgIpc) is 3.21. The SMILES string of the molecule is CN=C(NCCc1ccc(-n2cccn2)cc1)NCc1ccc(C)cc1.I. The first-order valence-corrected chi connectivity index (χ1v) is 8.83. The molecule has 0 saturated heterocycles. The lowest BCUT2D eigenvalue weighted by Gasteiger charge is -2.12. The van der Waals surface area contributed by atoms with Crippen LogP contribution in [0.4, 0.5) is 0 Å². The zero-order chi connectivity index (χ0) is 18.2. The van der Waals surface area contributed by atoms with E-state index in [1.54, 1.807) is 13.2 Å². The number of aromatic nitrogens is 2. The molecule has 0 radical (unpaired) electrons. The predicted molar refractivity (Wildman–Crippen MR) is 122 cm³/mol. The van der Waals surface area contributed by atoms with Crippen molar-refractivity contribution in [2.75, 3.05) is 13.6 Å². The van der Waals surface area contributed by atoms with Gasteiger partial charge in [0.05, 0.1) is 5.69 Å². The molecule has 0 aliphatic carbocycles. The van der Waals surface area contributed by atoms with Crippen molar-refractivity contribution in [1.82, 2.24) is 20.4 Å². The molecule has 1 aromatic heterocycles. The predicted octanol–water partition coefficient (Wildman–Crippen LogP) is 3.71. The van der Waals surface area contributed by atoms with Crippen LogP contribution in [0, 0.1) is 6.92 Å². The van der Waals surface area contributed by atoms with Crippen molar-refractivity contribution in [2.24, 2.45) is 4.99 Å². The van der Waals surface area contributed by atoms with Crippen molar-refractivity contribution < 1.29 is 0 Å². The van der Waals surface area contributed by atoms with E-state index >= 15 is 0 Å². The third-order valence-corrected chi connectivity index (χ3v) is 4.22. The molecule has 3 aromatic rings. The van der Waals surface area contributed by atoms with Gasteiger partial charge in [0, 0.05) is 32.5 Å². The van der Waals surface area contributed by atoms with Crippen LogP contribution in [0.25, 0.3) is 5.69 Å². The number of guanidine groups is 1. The maximum Gasteiger partial charge on any atom is 0.191 e. The standard InChI is InChI=1S/C21H25N5.HI/c1-17-4-6-19(7-5-17)16-24-21(22-2)23-14-12-18-8-10-20(11-9-18)26-15-3-13-25-26;/h3-11,13,15H,12,14,16H2,1-2H3,(H2,22,23,24);1H. The number of hydrogen-bond acceptors (Lipinski definition) is 2. The molecule has 0 aliphatic rings. The van der Waals surface area contributed by atoms with Gasteiger partial charge in [-0.3, -0.25) is 4.99 Å². The summed E-state index contributed by atoms with van der Waals surface area (Å²) in [4.78, 5) is 4.28. The Morgan fingerprint density at radius 3 is 2.33 bits per heavy atom. The van der Waals surface area contributed by atoms with E-state index < -0.39 is 0 Å². The molecule has 0 saturated carbocycles. The summed E-state index contributed by atoms with van der Waals surface area (Å²) in [6, 6.07) is 18.9. The average molecular weight is 475 g/mol. The van der Waals surface area contributed by atoms with Gasteiger partial charge < -0.3 is 10.6 Å². The van der Waals surface area contributed by atoms with Crippen molar-refractivity contribution in [3.8, 4) is 5.69 Å². The molecule has 142 valence electrons. The fourth-order valence-electron chi connectivity index (χ4n) is 2.67. The molecule has 0 aliphatic heterocycles. The van der Waals surface area contributed by atoms with Crippen LogP contribution < -0.4 is 10.6 Å². The molecule has 0 spiro atoms.